The number of rotatable bonds is 9. The van der Waals surface area contributed by atoms with E-state index in [4.69, 9.17) is 13.9 Å². The molecule has 3 heterocycles. The lowest BCUT2D eigenvalue weighted by Gasteiger charge is -2.27. The summed E-state index contributed by atoms with van der Waals surface area (Å²) in [5, 5.41) is 20.4. The van der Waals surface area contributed by atoms with E-state index in [1.165, 1.54) is 42.2 Å². The lowest BCUT2D eigenvalue weighted by Crippen LogP contribution is -2.52. The number of hydrogen-bond donors (Lipinski definition) is 2. The quantitative estimate of drug-likeness (QED) is 0.283. The van der Waals surface area contributed by atoms with Crippen molar-refractivity contribution in [1.82, 2.24) is 14.1 Å². The van der Waals surface area contributed by atoms with Gasteiger partial charge in [-0.3, -0.25) is 9.36 Å². The van der Waals surface area contributed by atoms with Crippen molar-refractivity contribution in [3.8, 4) is 16.5 Å². The fourth-order valence-corrected chi connectivity index (χ4v) is 8.06. The molecular weight excluding hydrogens is 574 g/mol. The number of aliphatic hydroxyl groups is 1. The number of para-hydroxylation sites is 1. The average Bonchev–Trinajstić information content (AvgIpc) is 3.74. The Kier molecular flexibility index (Phi) is 7.55. The van der Waals surface area contributed by atoms with Gasteiger partial charge in [-0.2, -0.15) is 0 Å². The van der Waals surface area contributed by atoms with Crippen LogP contribution in [0, 0.1) is 18.8 Å². The second kappa shape index (κ2) is 11.1. The Morgan fingerprint density at radius 3 is 2.51 bits per heavy atom. The van der Waals surface area contributed by atoms with Gasteiger partial charge >= 0.3 is 11.7 Å². The number of nitrogens with zero attached hydrogens (tertiary/aromatic N) is 3. The number of hydrogen-bond acceptors (Lipinski definition) is 9. The number of carboxylic acids is 1. The summed E-state index contributed by atoms with van der Waals surface area (Å²) in [5.41, 5.74) is -1.98. The highest BCUT2D eigenvalue weighted by molar-refractivity contribution is 7.22. The summed E-state index contributed by atoms with van der Waals surface area (Å²) in [5.74, 6) is 0.352. The number of methoxy groups -OCH3 is 1. The van der Waals surface area contributed by atoms with Crippen LogP contribution < -0.4 is 16.0 Å². The number of oxazole rings is 1. The number of ether oxygens (including phenoxy) is 2. The van der Waals surface area contributed by atoms with Gasteiger partial charge in [-0.05, 0) is 69.9 Å². The van der Waals surface area contributed by atoms with Crippen molar-refractivity contribution in [2.24, 2.45) is 11.8 Å². The van der Waals surface area contributed by atoms with Crippen LogP contribution in [0.15, 0.2) is 50.7 Å². The molecule has 228 valence electrons. The van der Waals surface area contributed by atoms with Crippen molar-refractivity contribution in [2.75, 3.05) is 7.11 Å². The fourth-order valence-electron chi connectivity index (χ4n) is 6.82. The molecule has 2 aliphatic carbocycles. The SMILES string of the molecule is COc1ccccc1C(Cn1c(=O)n(C(C)(C)C(=O)O)c(=O)c2c(C)c(-c3ncco3)sc21)O[C@H]1C[C@H]2C[C@@H](O)C[C@H]2C1. The maximum absolute atomic E-state index is 14.2. The van der Waals surface area contributed by atoms with Crippen LogP contribution in [0.2, 0.25) is 0 Å². The normalized spacial score (nSPS) is 22.6. The van der Waals surface area contributed by atoms with Crippen molar-refractivity contribution >= 4 is 27.5 Å². The molecule has 5 atom stereocenters. The topological polar surface area (TPSA) is 146 Å². The molecule has 4 aromatic rings. The van der Waals surface area contributed by atoms with Crippen LogP contribution in [0.4, 0.5) is 0 Å². The second-order valence-corrected chi connectivity index (χ2v) is 13.1. The average molecular weight is 610 g/mol. The molecule has 0 amide bonds. The highest BCUT2D eigenvalue weighted by Crippen LogP contribution is 2.47. The highest BCUT2D eigenvalue weighted by Gasteiger charge is 2.43. The van der Waals surface area contributed by atoms with Crippen LogP contribution in [0.5, 0.6) is 5.75 Å². The zero-order chi connectivity index (χ0) is 30.6. The van der Waals surface area contributed by atoms with E-state index < -0.39 is 28.9 Å². The van der Waals surface area contributed by atoms with Crippen molar-refractivity contribution < 1.29 is 28.9 Å². The van der Waals surface area contributed by atoms with Crippen LogP contribution in [0.1, 0.15) is 56.8 Å². The predicted molar refractivity (Wildman–Crippen MR) is 160 cm³/mol. The molecule has 43 heavy (non-hydrogen) atoms. The number of aliphatic hydroxyl groups excluding tert-OH is 1. The molecule has 2 N–H and O–H groups in total. The van der Waals surface area contributed by atoms with Gasteiger partial charge in [0, 0.05) is 5.56 Å². The number of benzene rings is 1. The molecule has 1 unspecified atom stereocenters. The Morgan fingerprint density at radius 1 is 1.19 bits per heavy atom. The van der Waals surface area contributed by atoms with E-state index >= 15 is 0 Å². The fraction of sp³-hybridized carbons (Fsp3) is 0.484. The number of fused-ring (bicyclic) bond motifs is 2. The van der Waals surface area contributed by atoms with Crippen molar-refractivity contribution in [2.45, 2.75) is 76.9 Å². The summed E-state index contributed by atoms with van der Waals surface area (Å²) < 4.78 is 20.3. The van der Waals surface area contributed by atoms with Gasteiger partial charge in [-0.1, -0.05) is 18.2 Å². The molecule has 1 aromatic carbocycles. The maximum Gasteiger partial charge on any atom is 0.333 e. The number of carbonyl (C=O) groups is 1. The number of aromatic nitrogens is 3. The third-order valence-electron chi connectivity index (χ3n) is 9.06. The van der Waals surface area contributed by atoms with Gasteiger partial charge in [0.05, 0.1) is 42.3 Å². The first kappa shape index (κ1) is 29.3. The standard InChI is InChI=1S/C31H35N3O8S/c1-16-24-27(36)34(31(2,3)29(37)38)30(39)33(28(24)43-25(16)26-32-9-10-41-26)15-23(21-7-5-6-8-22(21)40-4)42-20-13-17-11-19(35)12-18(17)14-20/h5-10,17-20,23,35H,11-15H2,1-4H3,(H,37,38)/t17-,18+,19-,20+,23?. The summed E-state index contributed by atoms with van der Waals surface area (Å²) >= 11 is 1.20. The molecule has 6 rings (SSSR count). The van der Waals surface area contributed by atoms with E-state index in [0.29, 0.717) is 38.7 Å². The first-order chi connectivity index (χ1) is 20.5. The first-order valence-electron chi connectivity index (χ1n) is 14.4. The van der Waals surface area contributed by atoms with Gasteiger partial charge in [0.25, 0.3) is 5.56 Å². The van der Waals surface area contributed by atoms with E-state index in [0.717, 1.165) is 35.8 Å². The van der Waals surface area contributed by atoms with Crippen molar-refractivity contribution in [1.29, 1.82) is 0 Å². The Bertz CT molecular complexity index is 1770. The smallest absolute Gasteiger partial charge is 0.333 e. The minimum absolute atomic E-state index is 0.00508. The Labute approximate surface area is 251 Å². The molecule has 0 bridgehead atoms. The number of thiophene rings is 1. The summed E-state index contributed by atoms with van der Waals surface area (Å²) in [4.78, 5) is 45.7. The highest BCUT2D eigenvalue weighted by atomic mass is 32.1. The Morgan fingerprint density at radius 2 is 1.88 bits per heavy atom. The van der Waals surface area contributed by atoms with Gasteiger partial charge in [0.1, 0.15) is 28.5 Å². The molecule has 2 fully saturated rings. The number of aryl methyl sites for hydroxylation is 1. The van der Waals surface area contributed by atoms with Gasteiger partial charge in [0.15, 0.2) is 0 Å². The largest absolute Gasteiger partial charge is 0.496 e. The first-order valence-corrected chi connectivity index (χ1v) is 15.2. The van der Waals surface area contributed by atoms with Crippen LogP contribution in [-0.4, -0.2) is 49.6 Å². The van der Waals surface area contributed by atoms with Crippen molar-refractivity contribution in [3.63, 3.8) is 0 Å². The molecule has 0 aliphatic heterocycles. The lowest BCUT2D eigenvalue weighted by molar-refractivity contribution is -0.146. The van der Waals surface area contributed by atoms with Crippen molar-refractivity contribution in [3.05, 3.63) is 68.7 Å². The second-order valence-electron chi connectivity index (χ2n) is 12.1. The predicted octanol–water partition coefficient (Wildman–Crippen LogP) is 4.32. The van der Waals surface area contributed by atoms with Crippen LogP contribution in [0.3, 0.4) is 0 Å². The zero-order valence-corrected chi connectivity index (χ0v) is 25.3. The van der Waals surface area contributed by atoms with Crippen LogP contribution >= 0.6 is 11.3 Å². The van der Waals surface area contributed by atoms with E-state index in [1.807, 2.05) is 24.3 Å². The molecule has 0 spiro atoms. The Balaban J connectivity index is 1.52. The molecule has 0 saturated heterocycles. The molecule has 0 radical (unpaired) electrons. The number of aliphatic carboxylic acids is 1. The van der Waals surface area contributed by atoms with Crippen LogP contribution in [-0.2, 0) is 21.6 Å². The Hall–Kier alpha value is -3.74. The van der Waals surface area contributed by atoms with Gasteiger partial charge in [-0.25, -0.2) is 19.1 Å². The monoisotopic (exact) mass is 609 g/mol. The van der Waals surface area contributed by atoms with E-state index in [2.05, 4.69) is 4.98 Å². The summed E-state index contributed by atoms with van der Waals surface area (Å²) in [6.45, 7) is 4.42. The molecule has 3 aromatic heterocycles. The minimum Gasteiger partial charge on any atom is -0.496 e. The third-order valence-corrected chi connectivity index (χ3v) is 10.4. The molecular formula is C31H35N3O8S. The minimum atomic E-state index is -1.83. The lowest BCUT2D eigenvalue weighted by atomic mass is 10.0. The maximum atomic E-state index is 14.2. The van der Waals surface area contributed by atoms with E-state index in [1.54, 1.807) is 14.0 Å². The van der Waals surface area contributed by atoms with Gasteiger partial charge in [0.2, 0.25) is 5.89 Å². The molecule has 2 saturated carbocycles. The van der Waals surface area contributed by atoms with Crippen LogP contribution in [0.25, 0.3) is 21.0 Å². The molecule has 11 nitrogen and oxygen atoms in total. The van der Waals surface area contributed by atoms with Gasteiger partial charge < -0.3 is 24.1 Å². The van der Waals surface area contributed by atoms with E-state index in [9.17, 15) is 24.6 Å². The molecule has 12 heteroatoms. The summed E-state index contributed by atoms with van der Waals surface area (Å²) in [7, 11) is 1.57. The summed E-state index contributed by atoms with van der Waals surface area (Å²) in [6.07, 6.45) is 5.03. The molecule has 2 aliphatic rings. The summed E-state index contributed by atoms with van der Waals surface area (Å²) in [6, 6.07) is 7.44. The van der Waals surface area contributed by atoms with E-state index in [-0.39, 0.29) is 24.1 Å². The zero-order valence-electron chi connectivity index (χ0n) is 24.5. The van der Waals surface area contributed by atoms with Gasteiger partial charge in [-0.15, -0.1) is 11.3 Å². The third kappa shape index (κ3) is 5.00. The number of carboxylic acid groups (broad SMARTS) is 1.